The molecule has 43 heavy (non-hydrogen) atoms. The van der Waals surface area contributed by atoms with Crippen molar-refractivity contribution in [1.29, 1.82) is 0 Å². The van der Waals surface area contributed by atoms with Gasteiger partial charge in [0.05, 0.1) is 29.3 Å². The summed E-state index contributed by atoms with van der Waals surface area (Å²) in [6, 6.07) is 11.6. The van der Waals surface area contributed by atoms with E-state index in [1.165, 1.54) is 23.4 Å². The Balaban J connectivity index is 1.22. The molecule has 3 N–H and O–H groups in total. The van der Waals surface area contributed by atoms with Crippen LogP contribution in [0.3, 0.4) is 0 Å². The molecule has 0 aliphatic heterocycles. The van der Waals surface area contributed by atoms with Gasteiger partial charge in [0.15, 0.2) is 0 Å². The molecule has 0 bridgehead atoms. The monoisotopic (exact) mass is 622 g/mol. The first kappa shape index (κ1) is 29.0. The van der Waals surface area contributed by atoms with E-state index in [9.17, 15) is 19.4 Å². The van der Waals surface area contributed by atoms with Crippen molar-refractivity contribution >= 4 is 50.6 Å². The normalized spacial score (nSPS) is 12.2. The highest BCUT2D eigenvalue weighted by atomic mass is 35.5. The highest BCUT2D eigenvalue weighted by Gasteiger charge is 2.27. The average Bonchev–Trinajstić information content (AvgIpc) is 3.58. The number of amides is 1. The molecule has 3 aromatic heterocycles. The molecule has 0 fully saturated rings. The summed E-state index contributed by atoms with van der Waals surface area (Å²) >= 11 is 8.08. The van der Waals surface area contributed by atoms with Gasteiger partial charge in [-0.3, -0.25) is 9.48 Å². The average molecular weight is 623 g/mol. The maximum absolute atomic E-state index is 13.5. The fraction of sp³-hybridized carbons (Fsp3) is 0.267. The molecule has 0 spiro atoms. The number of thiophene rings is 1. The minimum absolute atomic E-state index is 0.0164. The van der Waals surface area contributed by atoms with Crippen molar-refractivity contribution in [2.45, 2.75) is 26.0 Å². The zero-order valence-electron chi connectivity index (χ0n) is 23.0. The standard InChI is InChI=1S/C30H28ClFN6O4S/c31-23-13-20(4-7-25(23)42-16-18-2-1-3-19(32)12-18)35-29-27-21-5-6-24-22(28(21)43-30(27)34-17-33-29)14-38(36-24)15-26(41)37(8-10-39)9-11-40/h1-4,7,12-14,17,39-40H,5-6,8-11,15-16H2,(H,33,34,35). The van der Waals surface area contributed by atoms with Crippen molar-refractivity contribution in [1.82, 2.24) is 24.6 Å². The number of ether oxygens (including phenoxy) is 1. The molecule has 13 heteroatoms. The topological polar surface area (TPSA) is 126 Å². The summed E-state index contributed by atoms with van der Waals surface area (Å²) in [5, 5.41) is 27.9. The van der Waals surface area contributed by atoms with Crippen LogP contribution in [0, 0.1) is 5.82 Å². The molecule has 3 heterocycles. The highest BCUT2D eigenvalue weighted by Crippen LogP contribution is 2.45. The largest absolute Gasteiger partial charge is 0.487 e. The van der Waals surface area contributed by atoms with E-state index in [4.69, 9.17) is 16.3 Å². The van der Waals surface area contributed by atoms with Gasteiger partial charge in [-0.25, -0.2) is 14.4 Å². The van der Waals surface area contributed by atoms with Crippen LogP contribution < -0.4 is 10.1 Å². The number of halogens is 2. The first-order chi connectivity index (χ1) is 20.9. The van der Waals surface area contributed by atoms with Crippen LogP contribution in [0.25, 0.3) is 20.7 Å². The van der Waals surface area contributed by atoms with Crippen LogP contribution in [0.1, 0.15) is 16.8 Å². The van der Waals surface area contributed by atoms with Gasteiger partial charge in [-0.15, -0.1) is 11.3 Å². The lowest BCUT2D eigenvalue weighted by Crippen LogP contribution is -2.38. The molecule has 0 saturated carbocycles. The van der Waals surface area contributed by atoms with Crippen LogP contribution >= 0.6 is 22.9 Å². The molecule has 1 aliphatic carbocycles. The zero-order valence-corrected chi connectivity index (χ0v) is 24.5. The number of fused-ring (bicyclic) bond motifs is 5. The minimum Gasteiger partial charge on any atom is -0.487 e. The van der Waals surface area contributed by atoms with E-state index in [-0.39, 0.29) is 51.2 Å². The molecule has 6 rings (SSSR count). The van der Waals surface area contributed by atoms with Gasteiger partial charge >= 0.3 is 0 Å². The number of aryl methyl sites for hydroxylation is 2. The lowest BCUT2D eigenvalue weighted by Gasteiger charge is -2.20. The van der Waals surface area contributed by atoms with Crippen LogP contribution in [0.15, 0.2) is 55.0 Å². The number of benzene rings is 2. The number of nitrogens with zero attached hydrogens (tertiary/aromatic N) is 5. The Bertz CT molecular complexity index is 1790. The lowest BCUT2D eigenvalue weighted by atomic mass is 9.95. The van der Waals surface area contributed by atoms with Crippen molar-refractivity contribution in [2.75, 3.05) is 31.6 Å². The van der Waals surface area contributed by atoms with Gasteiger partial charge in [-0.2, -0.15) is 5.10 Å². The summed E-state index contributed by atoms with van der Waals surface area (Å²) in [5.41, 5.74) is 4.41. The van der Waals surface area contributed by atoms with Gasteiger partial charge < -0.3 is 25.2 Å². The highest BCUT2D eigenvalue weighted by molar-refractivity contribution is 7.22. The Morgan fingerprint density at radius 3 is 2.74 bits per heavy atom. The van der Waals surface area contributed by atoms with Gasteiger partial charge in [0.25, 0.3) is 0 Å². The number of carbonyl (C=O) groups is 1. The molecule has 5 aromatic rings. The van der Waals surface area contributed by atoms with Crippen LogP contribution in [0.4, 0.5) is 15.9 Å². The number of hydrogen-bond acceptors (Lipinski definition) is 9. The Kier molecular flexibility index (Phi) is 8.52. The number of aromatic nitrogens is 4. The fourth-order valence-electron chi connectivity index (χ4n) is 5.16. The third kappa shape index (κ3) is 6.18. The second-order valence-corrected chi connectivity index (χ2v) is 11.4. The maximum Gasteiger partial charge on any atom is 0.244 e. The third-order valence-corrected chi connectivity index (χ3v) is 8.62. The summed E-state index contributed by atoms with van der Waals surface area (Å²) < 4.78 is 20.9. The third-order valence-electron chi connectivity index (χ3n) is 7.15. The summed E-state index contributed by atoms with van der Waals surface area (Å²) in [7, 11) is 0. The number of rotatable bonds is 11. The second kappa shape index (κ2) is 12.6. The molecule has 10 nitrogen and oxygen atoms in total. The van der Waals surface area contributed by atoms with E-state index in [0.29, 0.717) is 28.6 Å². The first-order valence-electron chi connectivity index (χ1n) is 13.7. The maximum atomic E-state index is 13.5. The number of anilines is 2. The molecule has 2 aromatic carbocycles. The number of aliphatic hydroxyl groups is 2. The van der Waals surface area contributed by atoms with Crippen LogP contribution in [0.5, 0.6) is 5.75 Å². The zero-order chi connectivity index (χ0) is 29.9. The molecule has 1 amide bonds. The molecular weight excluding hydrogens is 595 g/mol. The van der Waals surface area contributed by atoms with Crippen molar-refractivity contribution in [3.8, 4) is 16.2 Å². The number of nitrogens with one attached hydrogen (secondary N) is 1. The first-order valence-corrected chi connectivity index (χ1v) is 14.9. The Hall–Kier alpha value is -4.10. The smallest absolute Gasteiger partial charge is 0.244 e. The molecular formula is C30H28ClFN6O4S. The van der Waals surface area contributed by atoms with E-state index in [1.807, 2.05) is 12.3 Å². The Labute approximate surface area is 255 Å². The van der Waals surface area contributed by atoms with E-state index < -0.39 is 0 Å². The van der Waals surface area contributed by atoms with Crippen LogP contribution in [-0.4, -0.2) is 67.1 Å². The van der Waals surface area contributed by atoms with Gasteiger partial charge in [0.2, 0.25) is 5.91 Å². The summed E-state index contributed by atoms with van der Waals surface area (Å²) in [5.74, 6) is 0.595. The van der Waals surface area contributed by atoms with Crippen molar-refractivity contribution in [2.24, 2.45) is 0 Å². The lowest BCUT2D eigenvalue weighted by molar-refractivity contribution is -0.133. The van der Waals surface area contributed by atoms with E-state index in [2.05, 4.69) is 20.4 Å². The second-order valence-electron chi connectivity index (χ2n) is 10.0. The number of carbonyl (C=O) groups excluding carboxylic acids is 1. The minimum atomic E-state index is -0.321. The van der Waals surface area contributed by atoms with Gasteiger partial charge in [0.1, 0.15) is 41.7 Å². The van der Waals surface area contributed by atoms with E-state index >= 15 is 0 Å². The van der Waals surface area contributed by atoms with Crippen LogP contribution in [-0.2, 0) is 30.8 Å². The Morgan fingerprint density at radius 1 is 1.14 bits per heavy atom. The predicted molar refractivity (Wildman–Crippen MR) is 162 cm³/mol. The van der Waals surface area contributed by atoms with Crippen molar-refractivity contribution in [3.63, 3.8) is 0 Å². The molecule has 0 unspecified atom stereocenters. The van der Waals surface area contributed by atoms with Crippen molar-refractivity contribution in [3.05, 3.63) is 82.6 Å². The fourth-order valence-corrected chi connectivity index (χ4v) is 6.62. The van der Waals surface area contributed by atoms with Gasteiger partial charge in [-0.05, 0) is 54.3 Å². The number of hydrogen-bond donors (Lipinski definition) is 3. The Morgan fingerprint density at radius 2 is 1.98 bits per heavy atom. The van der Waals surface area contributed by atoms with Gasteiger partial charge in [0, 0.05) is 35.4 Å². The molecule has 0 radical (unpaired) electrons. The predicted octanol–water partition coefficient (Wildman–Crippen LogP) is 4.58. The summed E-state index contributed by atoms with van der Waals surface area (Å²) in [6.07, 6.45) is 4.83. The van der Waals surface area contributed by atoms with E-state index in [1.54, 1.807) is 40.3 Å². The SMILES string of the molecule is O=C(Cn1cc2c(n1)CCc1c-2sc2ncnc(Nc3ccc(OCc4cccc(F)c4)c(Cl)c3)c12)N(CCO)CCO. The van der Waals surface area contributed by atoms with Crippen molar-refractivity contribution < 1.29 is 24.1 Å². The molecule has 222 valence electrons. The van der Waals surface area contributed by atoms with E-state index in [0.717, 1.165) is 44.0 Å². The molecule has 0 atom stereocenters. The quantitative estimate of drug-likeness (QED) is 0.195. The summed E-state index contributed by atoms with van der Waals surface area (Å²) in [6.45, 7) is 0.169. The molecule has 1 aliphatic rings. The van der Waals surface area contributed by atoms with Crippen LogP contribution in [0.2, 0.25) is 5.02 Å². The van der Waals surface area contributed by atoms with Gasteiger partial charge in [-0.1, -0.05) is 23.7 Å². The number of aliphatic hydroxyl groups excluding tert-OH is 2. The summed E-state index contributed by atoms with van der Waals surface area (Å²) in [4.78, 5) is 25.1. The molecule has 0 saturated heterocycles.